The monoisotopic (exact) mass is 386 g/mol. The zero-order valence-corrected chi connectivity index (χ0v) is 15.9. The van der Waals surface area contributed by atoms with Crippen LogP contribution in [0, 0.1) is 6.92 Å². The third-order valence-corrected chi connectivity index (χ3v) is 6.91. The lowest BCUT2D eigenvalue weighted by Crippen LogP contribution is -2.45. The number of hydrogen-bond donors (Lipinski definition) is 1. The van der Waals surface area contributed by atoms with E-state index in [0.717, 1.165) is 37.1 Å². The van der Waals surface area contributed by atoms with Crippen LogP contribution >= 0.6 is 0 Å². The maximum atomic E-state index is 13.4. The van der Waals surface area contributed by atoms with E-state index in [2.05, 4.69) is 15.6 Å². The van der Waals surface area contributed by atoms with E-state index in [0.29, 0.717) is 22.5 Å². The standard InChI is InChI=1S/C19H22N4O3S/c1-14-2-5-17(6-3-14)27(24,25)23(16-8-10-20-11-9-16)13-15-4-7-18-19(12-15)22-26-21-18/h2-7,12,16,20H,8-11,13H2,1H3. The molecular weight excluding hydrogens is 364 g/mol. The molecule has 0 aliphatic carbocycles. The average molecular weight is 386 g/mol. The van der Waals surface area contributed by atoms with Gasteiger partial charge in [0.2, 0.25) is 10.0 Å². The highest BCUT2D eigenvalue weighted by molar-refractivity contribution is 7.89. The van der Waals surface area contributed by atoms with Crippen molar-refractivity contribution in [2.45, 2.75) is 37.2 Å². The van der Waals surface area contributed by atoms with Crippen molar-refractivity contribution < 1.29 is 13.0 Å². The van der Waals surface area contributed by atoms with E-state index in [1.165, 1.54) is 0 Å². The maximum Gasteiger partial charge on any atom is 0.243 e. The normalized spacial score (nSPS) is 16.2. The van der Waals surface area contributed by atoms with E-state index in [9.17, 15) is 8.42 Å². The molecule has 0 saturated carbocycles. The summed E-state index contributed by atoms with van der Waals surface area (Å²) in [6.45, 7) is 3.87. The Morgan fingerprint density at radius 3 is 2.52 bits per heavy atom. The molecule has 4 rings (SSSR count). The Balaban J connectivity index is 1.70. The summed E-state index contributed by atoms with van der Waals surface area (Å²) in [5.41, 5.74) is 3.19. The van der Waals surface area contributed by atoms with Crippen LogP contribution in [0.1, 0.15) is 24.0 Å². The van der Waals surface area contributed by atoms with Gasteiger partial charge >= 0.3 is 0 Å². The van der Waals surface area contributed by atoms with Crippen LogP contribution in [0.2, 0.25) is 0 Å². The molecule has 1 aliphatic heterocycles. The van der Waals surface area contributed by atoms with Crippen molar-refractivity contribution in [3.05, 3.63) is 53.6 Å². The SMILES string of the molecule is Cc1ccc(S(=O)(=O)N(Cc2ccc3nonc3c2)C2CCNCC2)cc1. The fraction of sp³-hybridized carbons (Fsp3) is 0.368. The predicted octanol–water partition coefficient (Wildman–Crippen LogP) is 2.47. The lowest BCUT2D eigenvalue weighted by Gasteiger charge is -2.34. The molecule has 0 atom stereocenters. The number of nitrogens with one attached hydrogen (secondary N) is 1. The highest BCUT2D eigenvalue weighted by Crippen LogP contribution is 2.26. The summed E-state index contributed by atoms with van der Waals surface area (Å²) in [6, 6.07) is 12.5. The van der Waals surface area contributed by atoms with Gasteiger partial charge in [-0.15, -0.1) is 0 Å². The number of sulfonamides is 1. The molecule has 0 radical (unpaired) electrons. The summed E-state index contributed by atoms with van der Waals surface area (Å²) in [4.78, 5) is 0.329. The minimum absolute atomic E-state index is 0.0383. The van der Waals surface area contributed by atoms with E-state index in [1.54, 1.807) is 22.5 Å². The van der Waals surface area contributed by atoms with Crippen molar-refractivity contribution >= 4 is 21.1 Å². The summed E-state index contributed by atoms with van der Waals surface area (Å²) < 4.78 is 33.2. The van der Waals surface area contributed by atoms with Gasteiger partial charge in [-0.05, 0) is 73.0 Å². The molecular formula is C19H22N4O3S. The molecule has 27 heavy (non-hydrogen) atoms. The molecule has 3 aromatic rings. The van der Waals surface area contributed by atoms with E-state index >= 15 is 0 Å². The van der Waals surface area contributed by atoms with Crippen LogP contribution in [0.5, 0.6) is 0 Å². The molecule has 142 valence electrons. The molecule has 2 aromatic carbocycles. The van der Waals surface area contributed by atoms with Gasteiger partial charge in [0.25, 0.3) is 0 Å². The molecule has 7 nitrogen and oxygen atoms in total. The topological polar surface area (TPSA) is 88.3 Å². The Morgan fingerprint density at radius 1 is 1.07 bits per heavy atom. The molecule has 0 unspecified atom stereocenters. The summed E-state index contributed by atoms with van der Waals surface area (Å²) in [5.74, 6) is 0. The quantitative estimate of drug-likeness (QED) is 0.725. The number of hydrogen-bond acceptors (Lipinski definition) is 6. The second kappa shape index (κ2) is 7.38. The molecule has 2 heterocycles. The molecule has 1 saturated heterocycles. The van der Waals surface area contributed by atoms with Gasteiger partial charge in [0, 0.05) is 12.6 Å². The molecule has 8 heteroatoms. The third kappa shape index (κ3) is 3.73. The van der Waals surface area contributed by atoms with Gasteiger partial charge in [-0.3, -0.25) is 0 Å². The van der Waals surface area contributed by atoms with Crippen molar-refractivity contribution in [2.75, 3.05) is 13.1 Å². The molecule has 0 bridgehead atoms. The lowest BCUT2D eigenvalue weighted by molar-refractivity contribution is 0.256. The molecule has 1 aromatic heterocycles. The van der Waals surface area contributed by atoms with Crippen LogP contribution in [0.25, 0.3) is 11.0 Å². The summed E-state index contributed by atoms with van der Waals surface area (Å²) in [6.07, 6.45) is 1.58. The molecule has 0 spiro atoms. The molecule has 0 amide bonds. The van der Waals surface area contributed by atoms with Crippen LogP contribution < -0.4 is 5.32 Å². The van der Waals surface area contributed by atoms with Gasteiger partial charge in [0.15, 0.2) is 0 Å². The van der Waals surface area contributed by atoms with Crippen molar-refractivity contribution in [3.63, 3.8) is 0 Å². The van der Waals surface area contributed by atoms with Gasteiger partial charge in [-0.1, -0.05) is 23.8 Å². The second-order valence-electron chi connectivity index (χ2n) is 6.93. The van der Waals surface area contributed by atoms with Crippen LogP contribution in [0.4, 0.5) is 0 Å². The fourth-order valence-electron chi connectivity index (χ4n) is 3.46. The van der Waals surface area contributed by atoms with Crippen LogP contribution in [-0.4, -0.2) is 42.2 Å². The smallest absolute Gasteiger partial charge is 0.243 e. The summed E-state index contributed by atoms with van der Waals surface area (Å²) >= 11 is 0. The van der Waals surface area contributed by atoms with Crippen LogP contribution in [-0.2, 0) is 16.6 Å². The highest BCUT2D eigenvalue weighted by Gasteiger charge is 2.32. The number of aromatic nitrogens is 2. The van der Waals surface area contributed by atoms with E-state index < -0.39 is 10.0 Å². The number of rotatable bonds is 5. The zero-order valence-electron chi connectivity index (χ0n) is 15.1. The largest absolute Gasteiger partial charge is 0.317 e. The first kappa shape index (κ1) is 18.1. The number of benzene rings is 2. The van der Waals surface area contributed by atoms with Gasteiger partial charge in [0.05, 0.1) is 4.90 Å². The van der Waals surface area contributed by atoms with E-state index in [4.69, 9.17) is 4.63 Å². The van der Waals surface area contributed by atoms with E-state index in [-0.39, 0.29) is 6.04 Å². The third-order valence-electron chi connectivity index (χ3n) is 5.00. The van der Waals surface area contributed by atoms with Crippen molar-refractivity contribution in [1.82, 2.24) is 19.9 Å². The second-order valence-corrected chi connectivity index (χ2v) is 8.82. The zero-order chi connectivity index (χ0) is 18.9. The Bertz CT molecular complexity index is 1020. The van der Waals surface area contributed by atoms with Crippen molar-refractivity contribution in [1.29, 1.82) is 0 Å². The van der Waals surface area contributed by atoms with Gasteiger partial charge in [-0.2, -0.15) is 4.31 Å². The summed E-state index contributed by atoms with van der Waals surface area (Å²) in [5, 5.41) is 11.0. The Kier molecular flexibility index (Phi) is 4.94. The van der Waals surface area contributed by atoms with Crippen LogP contribution in [0.3, 0.4) is 0 Å². The van der Waals surface area contributed by atoms with Crippen molar-refractivity contribution in [2.24, 2.45) is 0 Å². The van der Waals surface area contributed by atoms with Crippen LogP contribution in [0.15, 0.2) is 52.0 Å². The van der Waals surface area contributed by atoms with Crippen molar-refractivity contribution in [3.8, 4) is 0 Å². The van der Waals surface area contributed by atoms with Gasteiger partial charge in [-0.25, -0.2) is 13.0 Å². The average Bonchev–Trinajstić information content (AvgIpc) is 3.15. The molecule has 1 aliphatic rings. The minimum Gasteiger partial charge on any atom is -0.317 e. The van der Waals surface area contributed by atoms with Gasteiger partial charge < -0.3 is 5.32 Å². The number of fused-ring (bicyclic) bond motifs is 1. The molecule has 1 fully saturated rings. The first-order valence-electron chi connectivity index (χ1n) is 9.04. The maximum absolute atomic E-state index is 13.4. The fourth-order valence-corrected chi connectivity index (χ4v) is 5.13. The highest BCUT2D eigenvalue weighted by atomic mass is 32.2. The first-order valence-corrected chi connectivity index (χ1v) is 10.5. The number of aryl methyl sites for hydroxylation is 1. The van der Waals surface area contributed by atoms with Gasteiger partial charge in [0.1, 0.15) is 11.0 Å². The number of piperidine rings is 1. The Morgan fingerprint density at radius 2 is 1.78 bits per heavy atom. The number of nitrogens with zero attached hydrogens (tertiary/aromatic N) is 3. The lowest BCUT2D eigenvalue weighted by atomic mass is 10.1. The Hall–Kier alpha value is -2.29. The Labute approximate surface area is 158 Å². The molecule has 1 N–H and O–H groups in total. The van der Waals surface area contributed by atoms with E-state index in [1.807, 2.05) is 31.2 Å². The minimum atomic E-state index is -3.61. The first-order chi connectivity index (χ1) is 13.0. The summed E-state index contributed by atoms with van der Waals surface area (Å²) in [7, 11) is -3.61. The predicted molar refractivity (Wildman–Crippen MR) is 102 cm³/mol.